The van der Waals surface area contributed by atoms with Crippen molar-refractivity contribution in [2.45, 2.75) is 19.1 Å². The number of carbonyl (C=O) groups excluding carboxylic acids is 2. The lowest BCUT2D eigenvalue weighted by Gasteiger charge is -2.27. The van der Waals surface area contributed by atoms with Crippen LogP contribution < -0.4 is 15.4 Å². The van der Waals surface area contributed by atoms with E-state index in [1.165, 1.54) is 6.07 Å². The highest BCUT2D eigenvalue weighted by molar-refractivity contribution is 6.06. The number of rotatable bonds is 5. The number of fused-ring (bicyclic) bond motifs is 1. The maximum atomic E-state index is 13.4. The quantitative estimate of drug-likeness (QED) is 0.617. The molecule has 0 fully saturated rings. The molecule has 0 aliphatic carbocycles. The number of nitrogens with one attached hydrogen (secondary N) is 2. The van der Waals surface area contributed by atoms with E-state index in [-0.39, 0.29) is 24.5 Å². The number of hydrogen-bond donors (Lipinski definition) is 2. The van der Waals surface area contributed by atoms with Crippen LogP contribution in [0.15, 0.2) is 60.8 Å². The van der Waals surface area contributed by atoms with Crippen molar-refractivity contribution in [3.63, 3.8) is 0 Å². The van der Waals surface area contributed by atoms with E-state index in [1.807, 2.05) is 0 Å². The third-order valence-corrected chi connectivity index (χ3v) is 4.87. The first-order valence-corrected chi connectivity index (χ1v) is 9.86. The van der Waals surface area contributed by atoms with Gasteiger partial charge in [-0.2, -0.15) is 0 Å². The summed E-state index contributed by atoms with van der Waals surface area (Å²) in [5.41, 5.74) is 1.55. The van der Waals surface area contributed by atoms with Gasteiger partial charge >= 0.3 is 6.09 Å². The molecule has 164 valence electrons. The summed E-state index contributed by atoms with van der Waals surface area (Å²) in [6, 6.07) is 12.9. The first kappa shape index (κ1) is 21.2. The molecule has 2 amide bonds. The van der Waals surface area contributed by atoms with Gasteiger partial charge in [-0.1, -0.05) is 18.2 Å². The zero-order chi connectivity index (χ0) is 22.5. The minimum atomic E-state index is -1.07. The first-order valence-electron chi connectivity index (χ1n) is 9.86. The number of ether oxygens (including phenoxy) is 2. The van der Waals surface area contributed by atoms with E-state index in [4.69, 9.17) is 9.47 Å². The molecule has 1 aromatic heterocycles. The number of hydrogen-bond acceptors (Lipinski definition) is 5. The number of nitrogens with zero attached hydrogens (tertiary/aromatic N) is 1. The van der Waals surface area contributed by atoms with E-state index >= 15 is 0 Å². The Bertz CT molecular complexity index is 1140. The predicted octanol–water partition coefficient (Wildman–Crippen LogP) is 4.36. The Morgan fingerprint density at radius 2 is 1.97 bits per heavy atom. The Balaban J connectivity index is 1.46. The SMILES string of the molecule is O=C(N[C@@H]1CCOc2c(C(=O)Nc3ccc(F)c(F)c3)cccc21)OCc1ccccn1. The second-order valence-corrected chi connectivity index (χ2v) is 7.04. The molecule has 0 saturated heterocycles. The summed E-state index contributed by atoms with van der Waals surface area (Å²) in [4.78, 5) is 29.1. The molecule has 4 rings (SSSR count). The smallest absolute Gasteiger partial charge is 0.408 e. The third-order valence-electron chi connectivity index (χ3n) is 4.87. The van der Waals surface area contributed by atoms with Gasteiger partial charge in [0.25, 0.3) is 5.91 Å². The van der Waals surface area contributed by atoms with E-state index in [0.717, 1.165) is 12.1 Å². The Kier molecular flexibility index (Phi) is 6.25. The third kappa shape index (κ3) is 4.83. The van der Waals surface area contributed by atoms with Gasteiger partial charge in [0.05, 0.1) is 23.9 Å². The van der Waals surface area contributed by atoms with Crippen LogP contribution >= 0.6 is 0 Å². The maximum absolute atomic E-state index is 13.4. The molecule has 32 heavy (non-hydrogen) atoms. The van der Waals surface area contributed by atoms with Crippen LogP contribution in [-0.2, 0) is 11.3 Å². The van der Waals surface area contributed by atoms with Crippen molar-refractivity contribution in [3.8, 4) is 5.75 Å². The molecule has 1 aliphatic rings. The second kappa shape index (κ2) is 9.42. The molecule has 9 heteroatoms. The van der Waals surface area contributed by atoms with E-state index in [9.17, 15) is 18.4 Å². The summed E-state index contributed by atoms with van der Waals surface area (Å²) in [7, 11) is 0. The number of anilines is 1. The number of para-hydroxylation sites is 1. The monoisotopic (exact) mass is 439 g/mol. The maximum Gasteiger partial charge on any atom is 0.408 e. The van der Waals surface area contributed by atoms with Gasteiger partial charge in [0.1, 0.15) is 12.4 Å². The number of aromatic nitrogens is 1. The summed E-state index contributed by atoms with van der Waals surface area (Å²) in [6.45, 7) is 0.299. The fourth-order valence-electron chi connectivity index (χ4n) is 3.33. The average molecular weight is 439 g/mol. The topological polar surface area (TPSA) is 89.5 Å². The summed E-state index contributed by atoms with van der Waals surface area (Å²) in [6.07, 6.45) is 1.48. The molecule has 2 aromatic carbocycles. The Hall–Kier alpha value is -4.01. The summed E-state index contributed by atoms with van der Waals surface area (Å²) < 4.78 is 37.5. The van der Waals surface area contributed by atoms with Gasteiger partial charge in [-0.3, -0.25) is 9.78 Å². The molecule has 1 atom stereocenters. The molecular formula is C23H19F2N3O4. The molecule has 1 aliphatic heterocycles. The molecule has 7 nitrogen and oxygen atoms in total. The molecule has 3 aromatic rings. The van der Waals surface area contributed by atoms with Gasteiger partial charge in [0, 0.05) is 29.9 Å². The molecular weight excluding hydrogens is 420 g/mol. The zero-order valence-electron chi connectivity index (χ0n) is 16.8. The van der Waals surface area contributed by atoms with Crippen LogP contribution in [0.25, 0.3) is 0 Å². The van der Waals surface area contributed by atoms with E-state index in [2.05, 4.69) is 15.6 Å². The number of alkyl carbamates (subject to hydrolysis) is 1. The standard InChI is InChI=1S/C23H19F2N3O4/c24-18-8-7-14(12-19(18)25)27-22(29)17-6-3-5-16-20(9-11-31-21(16)17)28-23(30)32-13-15-4-1-2-10-26-15/h1-8,10,12,20H,9,11,13H2,(H,27,29)(H,28,30)/t20-/m1/s1. The molecule has 0 spiro atoms. The Morgan fingerprint density at radius 3 is 2.75 bits per heavy atom. The van der Waals surface area contributed by atoms with Crippen LogP contribution in [0.1, 0.15) is 34.1 Å². The molecule has 2 N–H and O–H groups in total. The lowest BCUT2D eigenvalue weighted by molar-refractivity contribution is 0.102. The van der Waals surface area contributed by atoms with Crippen LogP contribution in [0.5, 0.6) is 5.75 Å². The van der Waals surface area contributed by atoms with E-state index in [1.54, 1.807) is 42.6 Å². The number of carbonyl (C=O) groups is 2. The Morgan fingerprint density at radius 1 is 1.09 bits per heavy atom. The van der Waals surface area contributed by atoms with Gasteiger partial charge in [-0.05, 0) is 30.3 Å². The van der Waals surface area contributed by atoms with Crippen LogP contribution in [0, 0.1) is 11.6 Å². The molecule has 0 bridgehead atoms. The van der Waals surface area contributed by atoms with Gasteiger partial charge in [0.15, 0.2) is 11.6 Å². The molecule has 0 unspecified atom stereocenters. The lowest BCUT2D eigenvalue weighted by atomic mass is 9.97. The van der Waals surface area contributed by atoms with E-state index in [0.29, 0.717) is 23.4 Å². The van der Waals surface area contributed by atoms with Crippen molar-refractivity contribution in [2.75, 3.05) is 11.9 Å². The fourth-order valence-corrected chi connectivity index (χ4v) is 3.33. The van der Waals surface area contributed by atoms with Crippen molar-refractivity contribution in [1.29, 1.82) is 0 Å². The van der Waals surface area contributed by atoms with Gasteiger partial charge < -0.3 is 20.1 Å². The van der Waals surface area contributed by atoms with Crippen molar-refractivity contribution >= 4 is 17.7 Å². The summed E-state index contributed by atoms with van der Waals surface area (Å²) in [5.74, 6) is -2.31. The molecule has 2 heterocycles. The number of benzene rings is 2. The Labute approximate surface area is 182 Å². The van der Waals surface area contributed by atoms with Crippen LogP contribution in [0.3, 0.4) is 0 Å². The van der Waals surface area contributed by atoms with Crippen molar-refractivity contribution in [2.24, 2.45) is 0 Å². The number of halogens is 2. The molecule has 0 radical (unpaired) electrons. The first-order chi connectivity index (χ1) is 15.5. The van der Waals surface area contributed by atoms with Crippen LogP contribution in [0.4, 0.5) is 19.3 Å². The fraction of sp³-hybridized carbons (Fsp3) is 0.174. The highest BCUT2D eigenvalue weighted by Crippen LogP contribution is 2.35. The molecule has 0 saturated carbocycles. The highest BCUT2D eigenvalue weighted by Gasteiger charge is 2.27. The van der Waals surface area contributed by atoms with Gasteiger partial charge in [-0.15, -0.1) is 0 Å². The van der Waals surface area contributed by atoms with Gasteiger partial charge in [-0.25, -0.2) is 13.6 Å². The second-order valence-electron chi connectivity index (χ2n) is 7.04. The van der Waals surface area contributed by atoms with Crippen LogP contribution in [-0.4, -0.2) is 23.6 Å². The largest absolute Gasteiger partial charge is 0.492 e. The van der Waals surface area contributed by atoms with E-state index < -0.39 is 29.7 Å². The van der Waals surface area contributed by atoms with Gasteiger partial charge in [0.2, 0.25) is 0 Å². The highest BCUT2D eigenvalue weighted by atomic mass is 19.2. The zero-order valence-corrected chi connectivity index (χ0v) is 16.8. The van der Waals surface area contributed by atoms with Crippen molar-refractivity contribution in [1.82, 2.24) is 10.3 Å². The summed E-state index contributed by atoms with van der Waals surface area (Å²) in [5, 5.41) is 5.31. The van der Waals surface area contributed by atoms with Crippen molar-refractivity contribution < 1.29 is 27.8 Å². The summed E-state index contributed by atoms with van der Waals surface area (Å²) >= 11 is 0. The predicted molar refractivity (Wildman–Crippen MR) is 111 cm³/mol. The lowest BCUT2D eigenvalue weighted by Crippen LogP contribution is -2.33. The number of pyridine rings is 1. The minimum Gasteiger partial charge on any atom is -0.492 e. The van der Waals surface area contributed by atoms with Crippen molar-refractivity contribution in [3.05, 3.63) is 89.2 Å². The van der Waals surface area contributed by atoms with Crippen LogP contribution in [0.2, 0.25) is 0 Å². The normalized spacial score (nSPS) is 14.6. The number of amides is 2. The average Bonchev–Trinajstić information content (AvgIpc) is 2.80. The minimum absolute atomic E-state index is 0.0272.